The fraction of sp³-hybridized carbons (Fsp3) is 0.706. The van der Waals surface area contributed by atoms with E-state index in [1.165, 1.54) is 17.3 Å². The summed E-state index contributed by atoms with van der Waals surface area (Å²) in [4.78, 5) is 26.1. The van der Waals surface area contributed by atoms with Crippen molar-refractivity contribution in [3.05, 3.63) is 18.0 Å². The van der Waals surface area contributed by atoms with Crippen molar-refractivity contribution in [1.29, 1.82) is 0 Å². The highest BCUT2D eigenvalue weighted by Gasteiger charge is 2.39. The zero-order chi connectivity index (χ0) is 19.5. The van der Waals surface area contributed by atoms with E-state index in [0.29, 0.717) is 23.2 Å². The van der Waals surface area contributed by atoms with E-state index in [9.17, 15) is 18.4 Å². The second kappa shape index (κ2) is 8.01. The highest BCUT2D eigenvalue weighted by Crippen LogP contribution is 2.34. The summed E-state index contributed by atoms with van der Waals surface area (Å²) in [7, 11) is 0. The number of carbonyl (C=O) groups excluding carboxylic acids is 2. The van der Waals surface area contributed by atoms with E-state index in [2.05, 4.69) is 5.10 Å². The maximum Gasteiger partial charge on any atom is 0.410 e. The minimum Gasteiger partial charge on any atom is -0.466 e. The van der Waals surface area contributed by atoms with Crippen LogP contribution in [0.2, 0.25) is 0 Å². The molecule has 0 radical (unpaired) electrons. The van der Waals surface area contributed by atoms with Crippen LogP contribution in [0.15, 0.2) is 12.4 Å². The number of nitrogens with zero attached hydrogens (tertiary/aromatic N) is 3. The molecule has 1 aromatic heterocycles. The number of amides is 1. The van der Waals surface area contributed by atoms with Crippen molar-refractivity contribution in [2.75, 3.05) is 19.7 Å². The summed E-state index contributed by atoms with van der Waals surface area (Å²) in [5.74, 6) is -1.40. The van der Waals surface area contributed by atoms with Crippen LogP contribution < -0.4 is 0 Å². The lowest BCUT2D eigenvalue weighted by Crippen LogP contribution is -2.46. The molecular weight excluding hydrogens is 348 g/mol. The number of hydrogen-bond acceptors (Lipinski definition) is 5. The Hall–Kier alpha value is -2.19. The number of likely N-dealkylation sites (tertiary alicyclic amines) is 1. The number of esters is 1. The van der Waals surface area contributed by atoms with E-state index in [-0.39, 0.29) is 13.2 Å². The molecule has 2 heterocycles. The van der Waals surface area contributed by atoms with Crippen LogP contribution in [-0.4, -0.2) is 52.0 Å². The van der Waals surface area contributed by atoms with Crippen LogP contribution in [0.5, 0.6) is 0 Å². The summed E-state index contributed by atoms with van der Waals surface area (Å²) in [6.07, 6.45) is 2.38. The molecule has 2 rings (SSSR count). The lowest BCUT2D eigenvalue weighted by molar-refractivity contribution is -0.150. The number of ether oxygens (including phenoxy) is 2. The molecule has 0 aliphatic carbocycles. The van der Waals surface area contributed by atoms with Gasteiger partial charge in [-0.05, 0) is 39.7 Å². The van der Waals surface area contributed by atoms with Crippen LogP contribution in [-0.2, 0) is 14.3 Å². The first-order chi connectivity index (χ1) is 12.1. The van der Waals surface area contributed by atoms with Crippen LogP contribution in [0.25, 0.3) is 0 Å². The first-order valence-corrected chi connectivity index (χ1v) is 8.59. The van der Waals surface area contributed by atoms with E-state index in [4.69, 9.17) is 9.47 Å². The zero-order valence-corrected chi connectivity index (χ0v) is 15.4. The number of rotatable bonds is 4. The van der Waals surface area contributed by atoms with Gasteiger partial charge in [-0.25, -0.2) is 9.48 Å². The van der Waals surface area contributed by atoms with E-state index in [0.717, 1.165) is 0 Å². The van der Waals surface area contributed by atoms with Gasteiger partial charge in [0.05, 0.1) is 18.7 Å². The lowest BCUT2D eigenvalue weighted by Gasteiger charge is -2.37. The Morgan fingerprint density at radius 1 is 1.38 bits per heavy atom. The predicted molar refractivity (Wildman–Crippen MR) is 88.8 cm³/mol. The highest BCUT2D eigenvalue weighted by atomic mass is 19.3. The Morgan fingerprint density at radius 3 is 2.62 bits per heavy atom. The van der Waals surface area contributed by atoms with Gasteiger partial charge < -0.3 is 14.4 Å². The Bertz CT molecular complexity index is 642. The standard InChI is InChI=1S/C17H25F2N3O4/c1-5-25-14(23)12-6-7-21(16(24)26-17(2,3)4)10-13(12)11-8-20-22(9-11)15(18)19/h8-9,12-13,15H,5-7,10H2,1-4H3/t12-,13+/m1/s1. The SMILES string of the molecule is CCOC(=O)[C@@H]1CCN(C(=O)OC(C)(C)C)C[C@H]1c1cnn(C(F)F)c1. The Kier molecular flexibility index (Phi) is 6.20. The van der Waals surface area contributed by atoms with Crippen molar-refractivity contribution in [2.24, 2.45) is 5.92 Å². The van der Waals surface area contributed by atoms with E-state index in [1.807, 2.05) is 0 Å². The van der Waals surface area contributed by atoms with Crippen molar-refractivity contribution in [2.45, 2.75) is 52.2 Å². The third-order valence-electron chi connectivity index (χ3n) is 4.10. The number of hydrogen-bond donors (Lipinski definition) is 0. The Balaban J connectivity index is 2.22. The molecule has 9 heteroatoms. The molecule has 2 atom stereocenters. The van der Waals surface area contributed by atoms with Gasteiger partial charge in [-0.1, -0.05) is 0 Å². The van der Waals surface area contributed by atoms with Crippen LogP contribution in [0, 0.1) is 5.92 Å². The number of carbonyl (C=O) groups is 2. The van der Waals surface area contributed by atoms with Crippen LogP contribution in [0.4, 0.5) is 13.6 Å². The molecule has 1 saturated heterocycles. The number of piperidine rings is 1. The van der Waals surface area contributed by atoms with Crippen molar-refractivity contribution < 1.29 is 27.8 Å². The first-order valence-electron chi connectivity index (χ1n) is 8.59. The molecule has 0 bridgehead atoms. The van der Waals surface area contributed by atoms with Crippen molar-refractivity contribution in [3.63, 3.8) is 0 Å². The van der Waals surface area contributed by atoms with Gasteiger partial charge in [0, 0.05) is 25.2 Å². The molecule has 0 aromatic carbocycles. The third kappa shape index (κ3) is 4.92. The molecule has 1 fully saturated rings. The highest BCUT2D eigenvalue weighted by molar-refractivity contribution is 5.75. The molecule has 146 valence electrons. The molecule has 1 aliphatic heterocycles. The summed E-state index contributed by atoms with van der Waals surface area (Å²) in [6, 6.07) is 0. The average Bonchev–Trinajstić information content (AvgIpc) is 3.03. The largest absolute Gasteiger partial charge is 0.466 e. The topological polar surface area (TPSA) is 73.7 Å². The van der Waals surface area contributed by atoms with Crippen molar-refractivity contribution in [1.82, 2.24) is 14.7 Å². The summed E-state index contributed by atoms with van der Waals surface area (Å²) in [5.41, 5.74) is -0.179. The summed E-state index contributed by atoms with van der Waals surface area (Å²) >= 11 is 0. The minimum absolute atomic E-state index is 0.174. The normalized spacial score (nSPS) is 21.0. The van der Waals surface area contributed by atoms with Crippen LogP contribution in [0.3, 0.4) is 0 Å². The second-order valence-corrected chi connectivity index (χ2v) is 7.21. The third-order valence-corrected chi connectivity index (χ3v) is 4.10. The van der Waals surface area contributed by atoms with Gasteiger partial charge in [-0.3, -0.25) is 4.79 Å². The van der Waals surface area contributed by atoms with Crippen LogP contribution >= 0.6 is 0 Å². The maximum absolute atomic E-state index is 12.8. The maximum atomic E-state index is 12.8. The first kappa shape index (κ1) is 20.1. The molecule has 0 spiro atoms. The second-order valence-electron chi connectivity index (χ2n) is 7.21. The monoisotopic (exact) mass is 373 g/mol. The summed E-state index contributed by atoms with van der Waals surface area (Å²) in [6.45, 7) is 4.97. The number of alkyl halides is 2. The molecule has 1 amide bonds. The van der Waals surface area contributed by atoms with E-state index >= 15 is 0 Å². The minimum atomic E-state index is -2.77. The van der Waals surface area contributed by atoms with Gasteiger partial charge in [0.15, 0.2) is 0 Å². The van der Waals surface area contributed by atoms with Gasteiger partial charge in [0.1, 0.15) is 5.60 Å². The summed E-state index contributed by atoms with van der Waals surface area (Å²) < 4.78 is 36.7. The fourth-order valence-electron chi connectivity index (χ4n) is 2.96. The van der Waals surface area contributed by atoms with Crippen molar-refractivity contribution in [3.8, 4) is 0 Å². The molecule has 0 saturated carbocycles. The molecule has 1 aliphatic rings. The van der Waals surface area contributed by atoms with Crippen LogP contribution in [0.1, 0.15) is 52.1 Å². The van der Waals surface area contributed by atoms with Crippen molar-refractivity contribution >= 4 is 12.1 Å². The van der Waals surface area contributed by atoms with E-state index < -0.39 is 36.0 Å². The fourth-order valence-corrected chi connectivity index (χ4v) is 2.96. The van der Waals surface area contributed by atoms with Gasteiger partial charge >= 0.3 is 18.6 Å². The quantitative estimate of drug-likeness (QED) is 0.758. The zero-order valence-electron chi connectivity index (χ0n) is 15.4. The molecule has 0 N–H and O–H groups in total. The van der Waals surface area contributed by atoms with Gasteiger partial charge in [-0.15, -0.1) is 0 Å². The average molecular weight is 373 g/mol. The summed E-state index contributed by atoms with van der Waals surface area (Å²) in [5, 5.41) is 3.64. The van der Waals surface area contributed by atoms with Gasteiger partial charge in [0.25, 0.3) is 0 Å². The lowest BCUT2D eigenvalue weighted by atomic mass is 9.82. The van der Waals surface area contributed by atoms with E-state index in [1.54, 1.807) is 27.7 Å². The predicted octanol–water partition coefficient (Wildman–Crippen LogP) is 3.18. The molecular formula is C17H25F2N3O4. The smallest absolute Gasteiger partial charge is 0.410 e. The number of aromatic nitrogens is 2. The molecule has 1 aromatic rings. The number of halogens is 2. The molecule has 26 heavy (non-hydrogen) atoms. The molecule has 7 nitrogen and oxygen atoms in total. The van der Waals surface area contributed by atoms with Gasteiger partial charge in [0.2, 0.25) is 0 Å². The molecule has 0 unspecified atom stereocenters. The Morgan fingerprint density at radius 2 is 2.08 bits per heavy atom. The van der Waals surface area contributed by atoms with Gasteiger partial charge in [-0.2, -0.15) is 13.9 Å². The Labute approximate surface area is 151 Å².